The highest BCUT2D eigenvalue weighted by molar-refractivity contribution is 5.78. The van der Waals surface area contributed by atoms with Crippen LogP contribution >= 0.6 is 0 Å². The molecule has 132 valence electrons. The van der Waals surface area contributed by atoms with Crippen LogP contribution in [0.2, 0.25) is 0 Å². The number of amides is 1. The van der Waals surface area contributed by atoms with Crippen LogP contribution in [0.3, 0.4) is 0 Å². The summed E-state index contributed by atoms with van der Waals surface area (Å²) >= 11 is 0. The summed E-state index contributed by atoms with van der Waals surface area (Å²) in [6, 6.07) is 5.60. The maximum atomic E-state index is 12.4. The van der Waals surface area contributed by atoms with Crippen molar-refractivity contribution in [2.24, 2.45) is 0 Å². The summed E-state index contributed by atoms with van der Waals surface area (Å²) in [6.07, 6.45) is 0.633. The number of methoxy groups -OCH3 is 1. The molecule has 0 spiro atoms. The zero-order valence-electron chi connectivity index (χ0n) is 14.4. The Morgan fingerprint density at radius 2 is 2.08 bits per heavy atom. The van der Waals surface area contributed by atoms with Gasteiger partial charge in [0.05, 0.1) is 25.6 Å². The van der Waals surface area contributed by atoms with Gasteiger partial charge in [0.1, 0.15) is 5.75 Å². The fourth-order valence-corrected chi connectivity index (χ4v) is 3.10. The molecule has 1 aliphatic rings. The first kappa shape index (κ1) is 18.3. The highest BCUT2D eigenvalue weighted by atomic mass is 16.5. The number of rotatable bonds is 7. The van der Waals surface area contributed by atoms with Crippen LogP contribution in [0.25, 0.3) is 0 Å². The minimum absolute atomic E-state index is 0.0521. The third-order valence-corrected chi connectivity index (χ3v) is 4.34. The van der Waals surface area contributed by atoms with Gasteiger partial charge >= 0.3 is 5.97 Å². The Labute approximate surface area is 142 Å². The van der Waals surface area contributed by atoms with Gasteiger partial charge in [-0.3, -0.25) is 9.59 Å². The van der Waals surface area contributed by atoms with Gasteiger partial charge < -0.3 is 19.5 Å². The minimum atomic E-state index is -0.902. The van der Waals surface area contributed by atoms with Gasteiger partial charge in [-0.15, -0.1) is 0 Å². The van der Waals surface area contributed by atoms with E-state index in [-0.39, 0.29) is 37.5 Å². The van der Waals surface area contributed by atoms with E-state index in [1.54, 1.807) is 12.0 Å². The quantitative estimate of drug-likeness (QED) is 0.826. The fraction of sp³-hybridized carbons (Fsp3) is 0.556. The average Bonchev–Trinajstić information content (AvgIpc) is 2.91. The lowest BCUT2D eigenvalue weighted by Gasteiger charge is -2.23. The van der Waals surface area contributed by atoms with Gasteiger partial charge in [0.15, 0.2) is 0 Å². The molecular weight excluding hydrogens is 310 g/mol. The van der Waals surface area contributed by atoms with E-state index < -0.39 is 5.97 Å². The van der Waals surface area contributed by atoms with Crippen molar-refractivity contribution in [1.29, 1.82) is 0 Å². The summed E-state index contributed by atoms with van der Waals surface area (Å²) in [5.74, 6) is -0.224. The van der Waals surface area contributed by atoms with Crippen molar-refractivity contribution in [2.75, 3.05) is 20.3 Å². The number of aryl methyl sites for hydroxylation is 2. The molecule has 6 heteroatoms. The Balaban J connectivity index is 1.89. The lowest BCUT2D eigenvalue weighted by molar-refractivity contribution is -0.140. The van der Waals surface area contributed by atoms with E-state index in [4.69, 9.17) is 14.6 Å². The molecule has 1 amide bonds. The van der Waals surface area contributed by atoms with Crippen LogP contribution in [0.15, 0.2) is 18.2 Å². The third-order valence-electron chi connectivity index (χ3n) is 4.34. The summed E-state index contributed by atoms with van der Waals surface area (Å²) in [4.78, 5) is 25.0. The molecule has 1 heterocycles. The molecule has 1 saturated heterocycles. The van der Waals surface area contributed by atoms with Crippen LogP contribution in [0.4, 0.5) is 0 Å². The van der Waals surface area contributed by atoms with Crippen LogP contribution in [-0.2, 0) is 14.3 Å². The van der Waals surface area contributed by atoms with E-state index in [1.165, 1.54) is 0 Å². The molecule has 0 aromatic heterocycles. The maximum Gasteiger partial charge on any atom is 0.305 e. The van der Waals surface area contributed by atoms with Crippen molar-refractivity contribution in [3.8, 4) is 5.75 Å². The molecule has 0 radical (unpaired) electrons. The highest BCUT2D eigenvalue weighted by Crippen LogP contribution is 2.24. The molecule has 0 saturated carbocycles. The topological polar surface area (TPSA) is 76.1 Å². The SMILES string of the molecule is COC1CC(CC(=O)O)N(C(=O)CCOc2ccc(C)cc2C)C1. The molecule has 1 N–H and O–H groups in total. The largest absolute Gasteiger partial charge is 0.493 e. The predicted molar refractivity (Wildman–Crippen MR) is 89.2 cm³/mol. The molecule has 1 fully saturated rings. The smallest absolute Gasteiger partial charge is 0.305 e. The molecule has 0 aliphatic carbocycles. The molecule has 1 aromatic carbocycles. The van der Waals surface area contributed by atoms with Gasteiger partial charge in [-0.25, -0.2) is 0 Å². The van der Waals surface area contributed by atoms with E-state index in [9.17, 15) is 9.59 Å². The lowest BCUT2D eigenvalue weighted by atomic mass is 10.1. The van der Waals surface area contributed by atoms with Crippen molar-refractivity contribution in [2.45, 2.75) is 45.3 Å². The van der Waals surface area contributed by atoms with E-state index in [1.807, 2.05) is 32.0 Å². The first-order chi connectivity index (χ1) is 11.4. The lowest BCUT2D eigenvalue weighted by Crippen LogP contribution is -2.38. The summed E-state index contributed by atoms with van der Waals surface area (Å²) in [5.41, 5.74) is 2.20. The van der Waals surface area contributed by atoms with E-state index in [0.29, 0.717) is 13.0 Å². The number of ether oxygens (including phenoxy) is 2. The first-order valence-corrected chi connectivity index (χ1v) is 8.14. The average molecular weight is 335 g/mol. The van der Waals surface area contributed by atoms with E-state index in [2.05, 4.69) is 0 Å². The number of likely N-dealkylation sites (tertiary alicyclic amines) is 1. The second-order valence-electron chi connectivity index (χ2n) is 6.26. The van der Waals surface area contributed by atoms with Gasteiger partial charge in [-0.1, -0.05) is 17.7 Å². The molecule has 2 atom stereocenters. The normalized spacial score (nSPS) is 20.2. The molecule has 2 unspecified atom stereocenters. The Kier molecular flexibility index (Phi) is 6.20. The molecule has 0 bridgehead atoms. The summed E-state index contributed by atoms with van der Waals surface area (Å²) in [5, 5.41) is 9.01. The zero-order valence-corrected chi connectivity index (χ0v) is 14.4. The number of nitrogens with zero attached hydrogens (tertiary/aromatic N) is 1. The number of hydrogen-bond donors (Lipinski definition) is 1. The second-order valence-corrected chi connectivity index (χ2v) is 6.26. The number of carboxylic acid groups (broad SMARTS) is 1. The Morgan fingerprint density at radius 1 is 1.33 bits per heavy atom. The number of hydrogen-bond acceptors (Lipinski definition) is 4. The van der Waals surface area contributed by atoms with Crippen molar-refractivity contribution >= 4 is 11.9 Å². The third kappa shape index (κ3) is 4.71. The van der Waals surface area contributed by atoms with Gasteiger partial charge in [0.25, 0.3) is 0 Å². The maximum absolute atomic E-state index is 12.4. The Hall–Kier alpha value is -2.08. The number of carbonyl (C=O) groups excluding carboxylic acids is 1. The van der Waals surface area contributed by atoms with Crippen molar-refractivity contribution < 1.29 is 24.2 Å². The number of aliphatic carboxylic acids is 1. The number of carbonyl (C=O) groups is 2. The number of benzene rings is 1. The van der Waals surface area contributed by atoms with Crippen LogP contribution in [0.1, 0.15) is 30.4 Å². The van der Waals surface area contributed by atoms with Crippen LogP contribution in [-0.4, -0.2) is 54.3 Å². The molecule has 1 aromatic rings. The molecule has 1 aliphatic heterocycles. The Morgan fingerprint density at radius 3 is 2.71 bits per heavy atom. The van der Waals surface area contributed by atoms with Gasteiger partial charge in [0, 0.05) is 19.7 Å². The summed E-state index contributed by atoms with van der Waals surface area (Å²) in [7, 11) is 1.58. The summed E-state index contributed by atoms with van der Waals surface area (Å²) in [6.45, 7) is 4.70. The van der Waals surface area contributed by atoms with E-state index >= 15 is 0 Å². The van der Waals surface area contributed by atoms with Crippen molar-refractivity contribution in [3.63, 3.8) is 0 Å². The van der Waals surface area contributed by atoms with Crippen molar-refractivity contribution in [1.82, 2.24) is 4.90 Å². The molecule has 2 rings (SSSR count). The molecular formula is C18H25NO5. The number of carboxylic acids is 1. The standard InChI is InChI=1S/C18H25NO5/c1-12-4-5-16(13(2)8-12)24-7-6-17(20)19-11-15(23-3)9-14(19)10-18(21)22/h4-5,8,14-15H,6-7,9-11H2,1-3H3,(H,21,22). The first-order valence-electron chi connectivity index (χ1n) is 8.14. The van der Waals surface area contributed by atoms with Crippen molar-refractivity contribution in [3.05, 3.63) is 29.3 Å². The van der Waals surface area contributed by atoms with Crippen LogP contribution in [0, 0.1) is 13.8 Å². The second kappa shape index (κ2) is 8.15. The monoisotopic (exact) mass is 335 g/mol. The molecule has 24 heavy (non-hydrogen) atoms. The van der Waals surface area contributed by atoms with Crippen LogP contribution < -0.4 is 4.74 Å². The summed E-state index contributed by atoms with van der Waals surface area (Å²) < 4.78 is 11.0. The van der Waals surface area contributed by atoms with Crippen LogP contribution in [0.5, 0.6) is 5.75 Å². The van der Waals surface area contributed by atoms with Gasteiger partial charge in [-0.2, -0.15) is 0 Å². The Bertz CT molecular complexity index is 601. The fourth-order valence-electron chi connectivity index (χ4n) is 3.10. The zero-order chi connectivity index (χ0) is 17.7. The van der Waals surface area contributed by atoms with E-state index in [0.717, 1.165) is 16.9 Å². The predicted octanol–water partition coefficient (Wildman–Crippen LogP) is 2.16. The molecule has 6 nitrogen and oxygen atoms in total. The highest BCUT2D eigenvalue weighted by Gasteiger charge is 2.36. The van der Waals surface area contributed by atoms with Gasteiger partial charge in [0.2, 0.25) is 5.91 Å². The van der Waals surface area contributed by atoms with Gasteiger partial charge in [-0.05, 0) is 31.9 Å². The minimum Gasteiger partial charge on any atom is -0.493 e.